The molecule has 1 heterocycles. The quantitative estimate of drug-likeness (QED) is 0.764. The van der Waals surface area contributed by atoms with Crippen LogP contribution in [0.1, 0.15) is 69.7 Å². The van der Waals surface area contributed by atoms with E-state index in [0.29, 0.717) is 12.3 Å². The van der Waals surface area contributed by atoms with E-state index < -0.39 is 6.10 Å². The SMILES string of the molecule is Cc1ccc(C(C)C)c(O[C@H](C)C(=O)N[C@H]2CC(C)(C)Oc3ccccc32)c1. The number of hydrogen-bond donors (Lipinski definition) is 1. The smallest absolute Gasteiger partial charge is 0.261 e. The summed E-state index contributed by atoms with van der Waals surface area (Å²) in [6, 6.07) is 14.0. The van der Waals surface area contributed by atoms with Gasteiger partial charge < -0.3 is 14.8 Å². The summed E-state index contributed by atoms with van der Waals surface area (Å²) in [5, 5.41) is 3.17. The van der Waals surface area contributed by atoms with Crippen molar-refractivity contribution in [2.24, 2.45) is 0 Å². The molecule has 0 saturated heterocycles. The van der Waals surface area contributed by atoms with E-state index in [1.807, 2.05) is 51.1 Å². The van der Waals surface area contributed by atoms with Crippen LogP contribution in [0.25, 0.3) is 0 Å². The lowest BCUT2D eigenvalue weighted by atomic mass is 9.89. The molecule has 1 amide bonds. The molecular weight excluding hydrogens is 350 g/mol. The van der Waals surface area contributed by atoms with Gasteiger partial charge in [-0.05, 0) is 56.9 Å². The highest BCUT2D eigenvalue weighted by Crippen LogP contribution is 2.39. The summed E-state index contributed by atoms with van der Waals surface area (Å²) in [6.45, 7) is 12.2. The van der Waals surface area contributed by atoms with Gasteiger partial charge in [0.2, 0.25) is 0 Å². The molecule has 28 heavy (non-hydrogen) atoms. The van der Waals surface area contributed by atoms with Crippen molar-refractivity contribution in [3.63, 3.8) is 0 Å². The molecule has 0 bridgehead atoms. The second kappa shape index (κ2) is 7.86. The topological polar surface area (TPSA) is 47.6 Å². The van der Waals surface area contributed by atoms with Crippen LogP contribution < -0.4 is 14.8 Å². The van der Waals surface area contributed by atoms with Gasteiger partial charge >= 0.3 is 0 Å². The molecule has 2 atom stereocenters. The minimum atomic E-state index is -0.586. The predicted molar refractivity (Wildman–Crippen MR) is 112 cm³/mol. The first kappa shape index (κ1) is 20.2. The Kier molecular flexibility index (Phi) is 5.69. The fraction of sp³-hybridized carbons (Fsp3) is 0.458. The summed E-state index contributed by atoms with van der Waals surface area (Å²) >= 11 is 0. The standard InChI is InChI=1S/C24H31NO3/c1-15(2)18-12-11-16(3)13-22(18)27-17(4)23(26)25-20-14-24(5,6)28-21-10-8-7-9-19(20)21/h7-13,15,17,20H,14H2,1-6H3,(H,25,26)/t17-,20+/m1/s1. The maximum Gasteiger partial charge on any atom is 0.261 e. The molecule has 0 unspecified atom stereocenters. The molecule has 4 heteroatoms. The summed E-state index contributed by atoms with van der Waals surface area (Å²) in [4.78, 5) is 12.9. The maximum absolute atomic E-state index is 12.9. The van der Waals surface area contributed by atoms with E-state index in [0.717, 1.165) is 28.2 Å². The van der Waals surface area contributed by atoms with E-state index in [4.69, 9.17) is 9.47 Å². The second-order valence-corrected chi connectivity index (χ2v) is 8.62. The number of carbonyl (C=O) groups is 1. The summed E-state index contributed by atoms with van der Waals surface area (Å²) in [7, 11) is 0. The van der Waals surface area contributed by atoms with E-state index in [2.05, 4.69) is 31.3 Å². The minimum absolute atomic E-state index is 0.0967. The first-order chi connectivity index (χ1) is 13.2. The Hall–Kier alpha value is -2.49. The Balaban J connectivity index is 1.76. The second-order valence-electron chi connectivity index (χ2n) is 8.62. The van der Waals surface area contributed by atoms with Crippen LogP contribution in [0.2, 0.25) is 0 Å². The molecule has 2 aromatic carbocycles. The highest BCUT2D eigenvalue weighted by Gasteiger charge is 2.35. The van der Waals surface area contributed by atoms with Crippen molar-refractivity contribution in [3.8, 4) is 11.5 Å². The summed E-state index contributed by atoms with van der Waals surface area (Å²) in [6.07, 6.45) is 0.127. The Labute approximate surface area is 168 Å². The zero-order valence-corrected chi connectivity index (χ0v) is 17.7. The third kappa shape index (κ3) is 4.49. The number of ether oxygens (including phenoxy) is 2. The Morgan fingerprint density at radius 2 is 1.89 bits per heavy atom. The molecular formula is C24H31NO3. The van der Waals surface area contributed by atoms with Gasteiger partial charge in [0.15, 0.2) is 6.10 Å². The molecule has 1 aliphatic heterocycles. The van der Waals surface area contributed by atoms with Crippen LogP contribution >= 0.6 is 0 Å². The number of benzene rings is 2. The van der Waals surface area contributed by atoms with Crippen LogP contribution in [-0.2, 0) is 4.79 Å². The lowest BCUT2D eigenvalue weighted by Crippen LogP contribution is -2.44. The van der Waals surface area contributed by atoms with Gasteiger partial charge in [0, 0.05) is 12.0 Å². The van der Waals surface area contributed by atoms with Crippen LogP contribution in [0.3, 0.4) is 0 Å². The fourth-order valence-corrected chi connectivity index (χ4v) is 3.68. The Bertz CT molecular complexity index is 857. The van der Waals surface area contributed by atoms with Gasteiger partial charge in [0.25, 0.3) is 5.91 Å². The molecule has 0 saturated carbocycles. The monoisotopic (exact) mass is 381 g/mol. The highest BCUT2D eigenvalue weighted by atomic mass is 16.5. The van der Waals surface area contributed by atoms with Gasteiger partial charge in [0.1, 0.15) is 17.1 Å². The van der Waals surface area contributed by atoms with E-state index >= 15 is 0 Å². The van der Waals surface area contributed by atoms with E-state index in [9.17, 15) is 4.79 Å². The molecule has 2 aromatic rings. The van der Waals surface area contributed by atoms with Crippen LogP contribution in [0, 0.1) is 6.92 Å². The van der Waals surface area contributed by atoms with Crippen LogP contribution in [0.4, 0.5) is 0 Å². The number of rotatable bonds is 5. The molecule has 4 nitrogen and oxygen atoms in total. The Morgan fingerprint density at radius 3 is 2.61 bits per heavy atom. The van der Waals surface area contributed by atoms with E-state index in [1.165, 1.54) is 0 Å². The number of nitrogens with one attached hydrogen (secondary N) is 1. The van der Waals surface area contributed by atoms with Crippen LogP contribution in [-0.4, -0.2) is 17.6 Å². The van der Waals surface area contributed by atoms with Crippen molar-refractivity contribution in [2.45, 2.75) is 71.6 Å². The van der Waals surface area contributed by atoms with Gasteiger partial charge in [-0.3, -0.25) is 4.79 Å². The van der Waals surface area contributed by atoms with E-state index in [-0.39, 0.29) is 17.6 Å². The minimum Gasteiger partial charge on any atom is -0.487 e. The molecule has 1 N–H and O–H groups in total. The Morgan fingerprint density at radius 1 is 1.18 bits per heavy atom. The van der Waals surface area contributed by atoms with Gasteiger partial charge in [0.05, 0.1) is 6.04 Å². The van der Waals surface area contributed by atoms with Gasteiger partial charge in [-0.15, -0.1) is 0 Å². The summed E-state index contributed by atoms with van der Waals surface area (Å²) in [5.41, 5.74) is 2.91. The maximum atomic E-state index is 12.9. The van der Waals surface area contributed by atoms with Crippen molar-refractivity contribution in [1.82, 2.24) is 5.32 Å². The number of amides is 1. The molecule has 0 fully saturated rings. The van der Waals surface area contributed by atoms with Gasteiger partial charge in [-0.1, -0.05) is 44.2 Å². The summed E-state index contributed by atoms with van der Waals surface area (Å²) < 4.78 is 12.1. The average molecular weight is 382 g/mol. The average Bonchev–Trinajstić information content (AvgIpc) is 2.60. The first-order valence-corrected chi connectivity index (χ1v) is 10.0. The molecule has 1 aliphatic rings. The number of hydrogen-bond acceptors (Lipinski definition) is 3. The number of aryl methyl sites for hydroxylation is 1. The fourth-order valence-electron chi connectivity index (χ4n) is 3.68. The molecule has 0 spiro atoms. The van der Waals surface area contributed by atoms with Crippen molar-refractivity contribution in [1.29, 1.82) is 0 Å². The summed E-state index contributed by atoms with van der Waals surface area (Å²) in [5.74, 6) is 1.83. The molecule has 0 aliphatic carbocycles. The number of fused-ring (bicyclic) bond motifs is 1. The molecule has 0 radical (unpaired) electrons. The van der Waals surface area contributed by atoms with Gasteiger partial charge in [-0.2, -0.15) is 0 Å². The lowest BCUT2D eigenvalue weighted by Gasteiger charge is -2.38. The zero-order chi connectivity index (χ0) is 20.5. The normalized spacial score (nSPS) is 18.8. The third-order valence-electron chi connectivity index (χ3n) is 5.16. The number of carbonyl (C=O) groups excluding carboxylic acids is 1. The third-order valence-corrected chi connectivity index (χ3v) is 5.16. The van der Waals surface area contributed by atoms with E-state index in [1.54, 1.807) is 6.92 Å². The van der Waals surface area contributed by atoms with Crippen molar-refractivity contribution < 1.29 is 14.3 Å². The zero-order valence-electron chi connectivity index (χ0n) is 17.7. The number of para-hydroxylation sites is 1. The molecule has 150 valence electrons. The van der Waals surface area contributed by atoms with Crippen LogP contribution in [0.15, 0.2) is 42.5 Å². The highest BCUT2D eigenvalue weighted by molar-refractivity contribution is 5.81. The molecule has 3 rings (SSSR count). The largest absolute Gasteiger partial charge is 0.487 e. The molecule has 0 aromatic heterocycles. The van der Waals surface area contributed by atoms with Crippen LogP contribution in [0.5, 0.6) is 11.5 Å². The lowest BCUT2D eigenvalue weighted by molar-refractivity contribution is -0.128. The van der Waals surface area contributed by atoms with Gasteiger partial charge in [-0.25, -0.2) is 0 Å². The predicted octanol–water partition coefficient (Wildman–Crippen LogP) is 5.30. The van der Waals surface area contributed by atoms with Crippen molar-refractivity contribution in [2.75, 3.05) is 0 Å². The van der Waals surface area contributed by atoms with Crippen molar-refractivity contribution in [3.05, 3.63) is 59.2 Å². The first-order valence-electron chi connectivity index (χ1n) is 10.0. The van der Waals surface area contributed by atoms with Crippen molar-refractivity contribution >= 4 is 5.91 Å².